The number of rotatable bonds is 2. The van der Waals surface area contributed by atoms with Gasteiger partial charge in [-0.05, 0) is 24.3 Å². The standard InChI is InChI=1S/C15H8F3N3O4/c16-15(17,18)12-4-9(7-1-2-10-11(3-7)25-6-24-10)20-13-8(14(22)23)5-19-21(12)13/h1-5H,6H2,(H,22,23)/p-1. The van der Waals surface area contributed by atoms with E-state index in [4.69, 9.17) is 9.47 Å². The van der Waals surface area contributed by atoms with E-state index >= 15 is 0 Å². The van der Waals surface area contributed by atoms with Crippen LogP contribution in [0.3, 0.4) is 0 Å². The number of fused-ring (bicyclic) bond motifs is 2. The summed E-state index contributed by atoms with van der Waals surface area (Å²) in [5.74, 6) is -0.847. The maximum absolute atomic E-state index is 13.3. The first-order valence-corrected chi connectivity index (χ1v) is 6.92. The van der Waals surface area contributed by atoms with Gasteiger partial charge in [0.25, 0.3) is 0 Å². The normalized spacial score (nSPS) is 13.4. The fourth-order valence-electron chi connectivity index (χ4n) is 2.51. The van der Waals surface area contributed by atoms with Crippen molar-refractivity contribution in [1.82, 2.24) is 14.6 Å². The van der Waals surface area contributed by atoms with Crippen LogP contribution in [0.1, 0.15) is 16.1 Å². The number of aromatic carboxylic acids is 1. The lowest BCUT2D eigenvalue weighted by Gasteiger charge is -2.12. The third-order valence-corrected chi connectivity index (χ3v) is 3.65. The number of hydrogen-bond acceptors (Lipinski definition) is 6. The molecule has 0 atom stereocenters. The second-order valence-corrected chi connectivity index (χ2v) is 5.17. The number of hydrogen-bond donors (Lipinski definition) is 0. The zero-order chi connectivity index (χ0) is 17.8. The minimum Gasteiger partial charge on any atom is -0.545 e. The van der Waals surface area contributed by atoms with Crippen molar-refractivity contribution >= 4 is 11.6 Å². The summed E-state index contributed by atoms with van der Waals surface area (Å²) >= 11 is 0. The molecule has 0 N–H and O–H groups in total. The quantitative estimate of drug-likeness (QED) is 0.696. The van der Waals surface area contributed by atoms with Crippen LogP contribution in [0.4, 0.5) is 13.2 Å². The Morgan fingerprint density at radius 2 is 1.96 bits per heavy atom. The Morgan fingerprint density at radius 3 is 2.68 bits per heavy atom. The third-order valence-electron chi connectivity index (χ3n) is 3.65. The van der Waals surface area contributed by atoms with Crippen molar-refractivity contribution < 1.29 is 32.5 Å². The Morgan fingerprint density at radius 1 is 1.20 bits per heavy atom. The molecule has 0 spiro atoms. The van der Waals surface area contributed by atoms with Crippen molar-refractivity contribution in [3.05, 3.63) is 41.7 Å². The molecule has 7 nitrogen and oxygen atoms in total. The predicted octanol–water partition coefficient (Wildman–Crippen LogP) is 1.51. The topological polar surface area (TPSA) is 88.8 Å². The highest BCUT2D eigenvalue weighted by atomic mass is 19.4. The monoisotopic (exact) mass is 350 g/mol. The number of carbonyl (C=O) groups excluding carboxylic acids is 1. The van der Waals surface area contributed by atoms with Gasteiger partial charge in [0.15, 0.2) is 22.8 Å². The first-order valence-electron chi connectivity index (χ1n) is 6.92. The Balaban J connectivity index is 1.98. The molecule has 1 aromatic carbocycles. The second-order valence-electron chi connectivity index (χ2n) is 5.17. The fraction of sp³-hybridized carbons (Fsp3) is 0.133. The van der Waals surface area contributed by atoms with Crippen molar-refractivity contribution in [3.63, 3.8) is 0 Å². The Kier molecular flexibility index (Phi) is 3.11. The number of carboxylic acids is 1. The van der Waals surface area contributed by atoms with Gasteiger partial charge in [0, 0.05) is 5.56 Å². The van der Waals surface area contributed by atoms with Gasteiger partial charge in [0.2, 0.25) is 6.79 Å². The molecule has 1 aliphatic rings. The van der Waals surface area contributed by atoms with Crippen LogP contribution in [-0.2, 0) is 6.18 Å². The van der Waals surface area contributed by atoms with E-state index < -0.39 is 29.1 Å². The van der Waals surface area contributed by atoms with Crippen LogP contribution in [0.25, 0.3) is 16.9 Å². The highest BCUT2D eigenvalue weighted by molar-refractivity contribution is 5.93. The van der Waals surface area contributed by atoms with Crippen LogP contribution >= 0.6 is 0 Å². The van der Waals surface area contributed by atoms with Crippen LogP contribution in [-0.4, -0.2) is 27.4 Å². The van der Waals surface area contributed by atoms with Crippen LogP contribution in [0.15, 0.2) is 30.5 Å². The van der Waals surface area contributed by atoms with Gasteiger partial charge >= 0.3 is 6.18 Å². The number of benzene rings is 1. The number of carboxylic acid groups (broad SMARTS) is 1. The van der Waals surface area contributed by atoms with Gasteiger partial charge in [-0.15, -0.1) is 0 Å². The van der Waals surface area contributed by atoms with E-state index in [-0.39, 0.29) is 12.5 Å². The number of carbonyl (C=O) groups is 1. The van der Waals surface area contributed by atoms with Gasteiger partial charge in [0.1, 0.15) is 0 Å². The minimum absolute atomic E-state index is 0.0104. The molecule has 4 rings (SSSR count). The highest BCUT2D eigenvalue weighted by Crippen LogP contribution is 2.37. The lowest BCUT2D eigenvalue weighted by Crippen LogP contribution is -2.22. The number of ether oxygens (including phenoxy) is 2. The van der Waals surface area contributed by atoms with Gasteiger partial charge in [-0.25, -0.2) is 9.50 Å². The maximum atomic E-state index is 13.3. The fourth-order valence-corrected chi connectivity index (χ4v) is 2.51. The summed E-state index contributed by atoms with van der Waals surface area (Å²) in [5, 5.41) is 14.6. The second kappa shape index (κ2) is 5.10. The molecule has 0 unspecified atom stereocenters. The average molecular weight is 350 g/mol. The smallest absolute Gasteiger partial charge is 0.433 e. The molecule has 128 valence electrons. The largest absolute Gasteiger partial charge is 0.545 e. The van der Waals surface area contributed by atoms with Gasteiger partial charge in [0.05, 0.1) is 23.4 Å². The molecule has 0 radical (unpaired) electrons. The summed E-state index contributed by atoms with van der Waals surface area (Å²) in [5.41, 5.74) is -1.92. The van der Waals surface area contributed by atoms with Gasteiger partial charge in [-0.3, -0.25) is 0 Å². The van der Waals surface area contributed by atoms with Crippen molar-refractivity contribution in [3.8, 4) is 22.8 Å². The summed E-state index contributed by atoms with van der Waals surface area (Å²) in [7, 11) is 0. The molecule has 0 saturated heterocycles. The van der Waals surface area contributed by atoms with Gasteiger partial charge in [-0.1, -0.05) is 0 Å². The summed E-state index contributed by atoms with van der Waals surface area (Å²) in [6, 6.07) is 5.29. The summed E-state index contributed by atoms with van der Waals surface area (Å²) in [4.78, 5) is 15.1. The predicted molar refractivity (Wildman–Crippen MR) is 73.9 cm³/mol. The molecule has 0 aliphatic carbocycles. The van der Waals surface area contributed by atoms with E-state index in [2.05, 4.69) is 10.1 Å². The molecule has 2 aromatic heterocycles. The molecular weight excluding hydrogens is 343 g/mol. The van der Waals surface area contributed by atoms with Crippen molar-refractivity contribution in [2.45, 2.75) is 6.18 Å². The maximum Gasteiger partial charge on any atom is 0.433 e. The number of alkyl halides is 3. The van der Waals surface area contributed by atoms with Gasteiger partial charge < -0.3 is 19.4 Å². The minimum atomic E-state index is -4.76. The lowest BCUT2D eigenvalue weighted by molar-refractivity contribution is -0.254. The number of aromatic nitrogens is 3. The SMILES string of the molecule is O=C([O-])c1cnn2c(C(F)(F)F)cc(-c3ccc4c(c3)OCO4)nc12. The molecule has 0 bridgehead atoms. The first-order chi connectivity index (χ1) is 11.8. The average Bonchev–Trinajstić information content (AvgIpc) is 3.18. The van der Waals surface area contributed by atoms with Crippen LogP contribution in [0, 0.1) is 0 Å². The van der Waals surface area contributed by atoms with Gasteiger partial charge in [-0.2, -0.15) is 18.3 Å². The molecule has 10 heteroatoms. The zero-order valence-corrected chi connectivity index (χ0v) is 12.2. The third kappa shape index (κ3) is 2.42. The van der Waals surface area contributed by atoms with Crippen molar-refractivity contribution in [1.29, 1.82) is 0 Å². The molecule has 1 aliphatic heterocycles. The Labute approximate surface area is 137 Å². The summed E-state index contributed by atoms with van der Waals surface area (Å²) in [6.07, 6.45) is -3.99. The van der Waals surface area contributed by atoms with E-state index in [1.165, 1.54) is 18.2 Å². The summed E-state index contributed by atoms with van der Waals surface area (Å²) < 4.78 is 50.8. The highest BCUT2D eigenvalue weighted by Gasteiger charge is 2.35. The first kappa shape index (κ1) is 15.2. The lowest BCUT2D eigenvalue weighted by atomic mass is 10.1. The van der Waals surface area contributed by atoms with Crippen molar-refractivity contribution in [2.75, 3.05) is 6.79 Å². The molecule has 25 heavy (non-hydrogen) atoms. The molecular formula is C15H7F3N3O4-. The Bertz CT molecular complexity index is 1010. The molecule has 0 fully saturated rings. The van der Waals surface area contributed by atoms with E-state index in [1.54, 1.807) is 0 Å². The molecule has 3 aromatic rings. The molecule has 0 amide bonds. The summed E-state index contributed by atoms with van der Waals surface area (Å²) in [6.45, 7) is 0.0104. The van der Waals surface area contributed by atoms with Crippen molar-refractivity contribution in [2.24, 2.45) is 0 Å². The Hall–Kier alpha value is -3.30. The van der Waals surface area contributed by atoms with E-state index in [9.17, 15) is 23.1 Å². The van der Waals surface area contributed by atoms with E-state index in [0.29, 0.717) is 21.6 Å². The number of nitrogens with zero attached hydrogens (tertiary/aromatic N) is 3. The van der Waals surface area contributed by atoms with Crippen LogP contribution in [0.5, 0.6) is 11.5 Å². The van der Waals surface area contributed by atoms with Crippen LogP contribution in [0.2, 0.25) is 0 Å². The zero-order valence-electron chi connectivity index (χ0n) is 12.2. The van der Waals surface area contributed by atoms with E-state index in [1.807, 2.05) is 0 Å². The molecule has 0 saturated carbocycles. The van der Waals surface area contributed by atoms with Crippen LogP contribution < -0.4 is 14.6 Å². The molecule has 3 heterocycles. The number of halogens is 3. The van der Waals surface area contributed by atoms with E-state index in [0.717, 1.165) is 12.3 Å².